The maximum Gasteiger partial charge on any atom is 0.401 e. The molecule has 0 aromatic heterocycles. The molecule has 0 saturated carbocycles. The van der Waals surface area contributed by atoms with Gasteiger partial charge in [0.1, 0.15) is 6.04 Å². The second kappa shape index (κ2) is 4.99. The van der Waals surface area contributed by atoms with E-state index in [1.807, 2.05) is 5.32 Å². The maximum atomic E-state index is 11.8. The lowest BCUT2D eigenvalue weighted by Crippen LogP contribution is -2.43. The monoisotopic (exact) mass is 211 g/mol. The van der Waals surface area contributed by atoms with Gasteiger partial charge in [-0.1, -0.05) is 12.2 Å². The van der Waals surface area contributed by atoms with Gasteiger partial charge in [0.25, 0.3) is 0 Å². The number of alkyl halides is 3. The van der Waals surface area contributed by atoms with Gasteiger partial charge in [-0.2, -0.15) is 13.2 Å². The van der Waals surface area contributed by atoms with Gasteiger partial charge in [0.05, 0.1) is 13.7 Å². The highest BCUT2D eigenvalue weighted by Gasteiger charge is 2.30. The molecule has 0 heterocycles. The van der Waals surface area contributed by atoms with E-state index in [2.05, 4.69) is 11.3 Å². The molecule has 3 nitrogen and oxygen atoms in total. The zero-order chi connectivity index (χ0) is 11.4. The van der Waals surface area contributed by atoms with Crippen LogP contribution in [0.25, 0.3) is 0 Å². The molecule has 14 heavy (non-hydrogen) atoms. The Morgan fingerprint density at radius 3 is 2.36 bits per heavy atom. The minimum Gasteiger partial charge on any atom is -0.468 e. The third-order valence-corrected chi connectivity index (χ3v) is 1.44. The fourth-order valence-corrected chi connectivity index (χ4v) is 0.794. The normalized spacial score (nSPS) is 13.5. The number of methoxy groups -OCH3 is 1. The summed E-state index contributed by atoms with van der Waals surface area (Å²) in [5, 5.41) is 2.01. The number of carbonyl (C=O) groups is 1. The highest BCUT2D eigenvalue weighted by atomic mass is 19.4. The summed E-state index contributed by atoms with van der Waals surface area (Å²) in [7, 11) is 1.10. The molecule has 0 aliphatic heterocycles. The number of hydrogen-bond donors (Lipinski definition) is 1. The summed E-state index contributed by atoms with van der Waals surface area (Å²) in [6.45, 7) is 3.59. The van der Waals surface area contributed by atoms with Crippen LogP contribution in [0, 0.1) is 0 Å². The fraction of sp³-hybridized carbons (Fsp3) is 0.625. The number of ether oxygens (including phenoxy) is 1. The number of rotatable bonds is 4. The van der Waals surface area contributed by atoms with Crippen LogP contribution in [0.1, 0.15) is 6.92 Å². The van der Waals surface area contributed by atoms with Crippen LogP contribution < -0.4 is 5.32 Å². The highest BCUT2D eigenvalue weighted by molar-refractivity contribution is 5.79. The SMILES string of the molecule is C=C(C)C(NCC(F)(F)F)C(=O)OC. The van der Waals surface area contributed by atoms with Crippen molar-refractivity contribution >= 4 is 5.97 Å². The third-order valence-electron chi connectivity index (χ3n) is 1.44. The molecule has 0 bridgehead atoms. The Balaban J connectivity index is 4.26. The standard InChI is InChI=1S/C8H12F3NO2/c1-5(2)6(7(13)14-3)12-4-8(9,10)11/h6,12H,1,4H2,2-3H3. The van der Waals surface area contributed by atoms with Crippen LogP contribution in [-0.4, -0.2) is 31.8 Å². The van der Waals surface area contributed by atoms with E-state index < -0.39 is 24.7 Å². The van der Waals surface area contributed by atoms with Crippen LogP contribution in [0.5, 0.6) is 0 Å². The summed E-state index contributed by atoms with van der Waals surface area (Å²) in [6, 6.07) is -1.11. The molecule has 0 amide bonds. The molecule has 1 N–H and O–H groups in total. The van der Waals surface area contributed by atoms with Crippen molar-refractivity contribution in [1.29, 1.82) is 0 Å². The average Bonchev–Trinajstić information content (AvgIpc) is 2.01. The van der Waals surface area contributed by atoms with Crippen molar-refractivity contribution in [3.8, 4) is 0 Å². The van der Waals surface area contributed by atoms with Crippen LogP contribution >= 0.6 is 0 Å². The second-order valence-electron chi connectivity index (χ2n) is 2.80. The van der Waals surface area contributed by atoms with Crippen molar-refractivity contribution in [1.82, 2.24) is 5.32 Å². The van der Waals surface area contributed by atoms with E-state index >= 15 is 0 Å². The Kier molecular flexibility index (Phi) is 4.62. The summed E-state index contributed by atoms with van der Waals surface area (Å²) in [6.07, 6.45) is -4.36. The van der Waals surface area contributed by atoms with Crippen molar-refractivity contribution in [2.45, 2.75) is 19.1 Å². The first kappa shape index (κ1) is 13.0. The Labute approximate surface area is 79.9 Å². The number of carbonyl (C=O) groups excluding carboxylic acids is 1. The Morgan fingerprint density at radius 2 is 2.07 bits per heavy atom. The van der Waals surface area contributed by atoms with E-state index in [4.69, 9.17) is 0 Å². The maximum absolute atomic E-state index is 11.8. The van der Waals surface area contributed by atoms with Crippen molar-refractivity contribution in [2.75, 3.05) is 13.7 Å². The third kappa shape index (κ3) is 4.86. The molecule has 1 unspecified atom stereocenters. The number of halogens is 3. The van der Waals surface area contributed by atoms with E-state index in [0.717, 1.165) is 7.11 Å². The van der Waals surface area contributed by atoms with Crippen LogP contribution in [0.2, 0.25) is 0 Å². The van der Waals surface area contributed by atoms with Crippen LogP contribution in [0.3, 0.4) is 0 Å². The lowest BCUT2D eigenvalue weighted by molar-refractivity contribution is -0.145. The topological polar surface area (TPSA) is 38.3 Å². The average molecular weight is 211 g/mol. The zero-order valence-corrected chi connectivity index (χ0v) is 7.94. The number of hydrogen-bond acceptors (Lipinski definition) is 3. The zero-order valence-electron chi connectivity index (χ0n) is 7.94. The quantitative estimate of drug-likeness (QED) is 0.562. The molecule has 0 rings (SSSR count). The van der Waals surface area contributed by atoms with Crippen molar-refractivity contribution in [3.63, 3.8) is 0 Å². The van der Waals surface area contributed by atoms with Gasteiger partial charge in [-0.15, -0.1) is 0 Å². The summed E-state index contributed by atoms with van der Waals surface area (Å²) in [5.41, 5.74) is 0.279. The second-order valence-corrected chi connectivity index (χ2v) is 2.80. The molecule has 0 aliphatic rings. The summed E-state index contributed by atoms with van der Waals surface area (Å²) in [5.74, 6) is -0.776. The minimum absolute atomic E-state index is 0.279. The van der Waals surface area contributed by atoms with Gasteiger partial charge < -0.3 is 4.74 Å². The van der Waals surface area contributed by atoms with Gasteiger partial charge in [0.2, 0.25) is 0 Å². The summed E-state index contributed by atoms with van der Waals surface area (Å²) in [4.78, 5) is 11.0. The van der Waals surface area contributed by atoms with Crippen LogP contribution in [0.4, 0.5) is 13.2 Å². The predicted molar refractivity (Wildman–Crippen MR) is 44.7 cm³/mol. The molecule has 0 spiro atoms. The minimum atomic E-state index is -4.36. The van der Waals surface area contributed by atoms with E-state index in [1.54, 1.807) is 0 Å². The van der Waals surface area contributed by atoms with E-state index in [9.17, 15) is 18.0 Å². The van der Waals surface area contributed by atoms with Crippen molar-refractivity contribution in [3.05, 3.63) is 12.2 Å². The van der Waals surface area contributed by atoms with E-state index in [-0.39, 0.29) is 5.57 Å². The van der Waals surface area contributed by atoms with Gasteiger partial charge >= 0.3 is 12.1 Å². The molecular weight excluding hydrogens is 199 g/mol. The first-order valence-electron chi connectivity index (χ1n) is 3.81. The lowest BCUT2D eigenvalue weighted by Gasteiger charge is -2.17. The number of esters is 1. The van der Waals surface area contributed by atoms with Gasteiger partial charge in [0, 0.05) is 0 Å². The predicted octanol–water partition coefficient (Wildman–Crippen LogP) is 1.26. The first-order valence-corrected chi connectivity index (χ1v) is 3.81. The molecule has 82 valence electrons. The fourth-order valence-electron chi connectivity index (χ4n) is 0.794. The van der Waals surface area contributed by atoms with Gasteiger partial charge in [-0.3, -0.25) is 10.1 Å². The smallest absolute Gasteiger partial charge is 0.401 e. The van der Waals surface area contributed by atoms with Crippen molar-refractivity contribution < 1.29 is 22.7 Å². The Hall–Kier alpha value is -1.04. The van der Waals surface area contributed by atoms with Gasteiger partial charge in [-0.05, 0) is 6.92 Å². The Bertz CT molecular complexity index is 225. The molecule has 0 radical (unpaired) electrons. The number of nitrogens with one attached hydrogen (secondary N) is 1. The molecular formula is C8H12F3NO2. The molecule has 0 saturated heterocycles. The molecule has 0 aliphatic carbocycles. The molecule has 0 fully saturated rings. The molecule has 0 aromatic rings. The summed E-state index contributed by atoms with van der Waals surface area (Å²) < 4.78 is 39.7. The van der Waals surface area contributed by atoms with Crippen molar-refractivity contribution in [2.24, 2.45) is 0 Å². The van der Waals surface area contributed by atoms with Crippen LogP contribution in [-0.2, 0) is 9.53 Å². The summed E-state index contributed by atoms with van der Waals surface area (Å²) >= 11 is 0. The first-order chi connectivity index (χ1) is 6.28. The lowest BCUT2D eigenvalue weighted by atomic mass is 10.1. The molecule has 1 atom stereocenters. The molecule has 6 heteroatoms. The van der Waals surface area contributed by atoms with Gasteiger partial charge in [-0.25, -0.2) is 0 Å². The Morgan fingerprint density at radius 1 is 1.57 bits per heavy atom. The van der Waals surface area contributed by atoms with Gasteiger partial charge in [0.15, 0.2) is 0 Å². The molecule has 0 aromatic carbocycles. The van der Waals surface area contributed by atoms with E-state index in [0.29, 0.717) is 0 Å². The van der Waals surface area contributed by atoms with E-state index in [1.165, 1.54) is 6.92 Å². The highest BCUT2D eigenvalue weighted by Crippen LogP contribution is 2.13. The largest absolute Gasteiger partial charge is 0.468 e. The van der Waals surface area contributed by atoms with Crippen LogP contribution in [0.15, 0.2) is 12.2 Å².